The number of benzene rings is 1. The van der Waals surface area contributed by atoms with E-state index in [2.05, 4.69) is 32.6 Å². The summed E-state index contributed by atoms with van der Waals surface area (Å²) in [4.78, 5) is 14.6. The van der Waals surface area contributed by atoms with Crippen LogP contribution in [0.1, 0.15) is 45.0 Å². The number of hydrogen-bond acceptors (Lipinski definition) is 2. The Bertz CT molecular complexity index is 354. The van der Waals surface area contributed by atoms with Gasteiger partial charge in [0, 0.05) is 17.6 Å². The quantitative estimate of drug-likeness (QED) is 0.758. The van der Waals surface area contributed by atoms with Gasteiger partial charge in [-0.15, -0.1) is 12.4 Å². The molecule has 0 N–H and O–H groups in total. The van der Waals surface area contributed by atoms with Gasteiger partial charge in [0.2, 0.25) is 0 Å². The molecule has 0 spiro atoms. The summed E-state index contributed by atoms with van der Waals surface area (Å²) in [5.41, 5.74) is 0.798. The van der Waals surface area contributed by atoms with E-state index in [1.54, 1.807) is 0 Å². The Morgan fingerprint density at radius 2 is 1.39 bits per heavy atom. The van der Waals surface area contributed by atoms with Gasteiger partial charge in [0.1, 0.15) is 0 Å². The molecule has 0 saturated carbocycles. The fourth-order valence-corrected chi connectivity index (χ4v) is 2.47. The van der Waals surface area contributed by atoms with Gasteiger partial charge in [-0.05, 0) is 34.6 Å². The Labute approximate surface area is 117 Å². The van der Waals surface area contributed by atoms with Crippen molar-refractivity contribution in [3.8, 4) is 0 Å². The summed E-state index contributed by atoms with van der Waals surface area (Å²) in [6, 6.07) is 10.2. The molecule has 0 aliphatic rings. The van der Waals surface area contributed by atoms with Crippen molar-refractivity contribution in [3.63, 3.8) is 0 Å². The number of carbonyl (C=O) groups excluding carboxylic acids is 1. The van der Waals surface area contributed by atoms with Crippen molar-refractivity contribution in [3.05, 3.63) is 35.9 Å². The molecule has 0 radical (unpaired) electrons. The van der Waals surface area contributed by atoms with E-state index >= 15 is 0 Å². The van der Waals surface area contributed by atoms with Gasteiger partial charge in [-0.3, -0.25) is 9.69 Å². The highest BCUT2D eigenvalue weighted by Crippen LogP contribution is 2.15. The molecule has 1 atom stereocenters. The van der Waals surface area contributed by atoms with Crippen LogP contribution in [0.5, 0.6) is 0 Å². The van der Waals surface area contributed by atoms with Crippen LogP contribution in [0.25, 0.3) is 0 Å². The Morgan fingerprint density at radius 1 is 0.944 bits per heavy atom. The van der Waals surface area contributed by atoms with Crippen molar-refractivity contribution >= 4 is 18.2 Å². The van der Waals surface area contributed by atoms with Crippen LogP contribution in [0, 0.1) is 0 Å². The Morgan fingerprint density at radius 3 is 1.78 bits per heavy atom. The van der Waals surface area contributed by atoms with Crippen LogP contribution in [0.2, 0.25) is 0 Å². The average molecular weight is 270 g/mol. The fraction of sp³-hybridized carbons (Fsp3) is 0.533. The minimum atomic E-state index is -0.0719. The van der Waals surface area contributed by atoms with E-state index in [9.17, 15) is 4.79 Å². The predicted molar refractivity (Wildman–Crippen MR) is 79.6 cm³/mol. The maximum absolute atomic E-state index is 12.4. The predicted octanol–water partition coefficient (Wildman–Crippen LogP) is 3.80. The lowest BCUT2D eigenvalue weighted by Crippen LogP contribution is -2.47. The van der Waals surface area contributed by atoms with Gasteiger partial charge in [-0.2, -0.15) is 0 Å². The maximum atomic E-state index is 12.4. The van der Waals surface area contributed by atoms with Crippen LogP contribution in [0.3, 0.4) is 0 Å². The molecule has 0 amide bonds. The summed E-state index contributed by atoms with van der Waals surface area (Å²) in [5, 5.41) is 0. The third-order valence-corrected chi connectivity index (χ3v) is 3.08. The molecule has 0 aromatic heterocycles. The largest absolute Gasteiger partial charge is 0.292 e. The van der Waals surface area contributed by atoms with E-state index in [-0.39, 0.29) is 24.2 Å². The Kier molecular flexibility index (Phi) is 7.19. The van der Waals surface area contributed by atoms with Crippen molar-refractivity contribution in [2.45, 2.75) is 52.7 Å². The van der Waals surface area contributed by atoms with Crippen molar-refractivity contribution in [2.24, 2.45) is 0 Å². The lowest BCUT2D eigenvalue weighted by atomic mass is 10.0. The summed E-state index contributed by atoms with van der Waals surface area (Å²) in [6.45, 7) is 10.5. The molecule has 0 heterocycles. The molecule has 18 heavy (non-hydrogen) atoms. The molecule has 1 aromatic carbocycles. The number of rotatable bonds is 5. The fourth-order valence-electron chi connectivity index (χ4n) is 2.47. The highest BCUT2D eigenvalue weighted by Gasteiger charge is 2.26. The van der Waals surface area contributed by atoms with E-state index in [0.717, 1.165) is 5.56 Å². The minimum absolute atomic E-state index is 0. The summed E-state index contributed by atoms with van der Waals surface area (Å²) in [6.07, 6.45) is 0. The first-order valence-electron chi connectivity index (χ1n) is 6.31. The Balaban J connectivity index is 0.00000289. The van der Waals surface area contributed by atoms with E-state index in [4.69, 9.17) is 0 Å². The Hall–Kier alpha value is -0.860. The third kappa shape index (κ3) is 4.11. The van der Waals surface area contributed by atoms with E-state index in [1.165, 1.54) is 0 Å². The molecule has 0 bridgehead atoms. The molecule has 3 heteroatoms. The number of ketones is 1. The first-order valence-corrected chi connectivity index (χ1v) is 6.31. The van der Waals surface area contributed by atoms with Crippen LogP contribution in [0.15, 0.2) is 30.3 Å². The number of hydrogen-bond donors (Lipinski definition) is 0. The van der Waals surface area contributed by atoms with Crippen molar-refractivity contribution in [1.29, 1.82) is 0 Å². The molecular weight excluding hydrogens is 246 g/mol. The molecular formula is C15H24ClNO. The van der Waals surface area contributed by atoms with Crippen LogP contribution in [-0.2, 0) is 0 Å². The first-order chi connectivity index (χ1) is 7.95. The second-order valence-electron chi connectivity index (χ2n) is 5.04. The summed E-state index contributed by atoms with van der Waals surface area (Å²) in [7, 11) is 0. The molecule has 0 aliphatic heterocycles. The van der Waals surface area contributed by atoms with Gasteiger partial charge < -0.3 is 0 Å². The number of nitrogens with zero attached hydrogens (tertiary/aromatic N) is 1. The van der Waals surface area contributed by atoms with Crippen molar-refractivity contribution in [1.82, 2.24) is 4.90 Å². The summed E-state index contributed by atoms with van der Waals surface area (Å²) >= 11 is 0. The summed E-state index contributed by atoms with van der Waals surface area (Å²) < 4.78 is 0. The third-order valence-electron chi connectivity index (χ3n) is 3.08. The number of carbonyl (C=O) groups is 1. The lowest BCUT2D eigenvalue weighted by Gasteiger charge is -2.35. The second-order valence-corrected chi connectivity index (χ2v) is 5.04. The normalized spacial score (nSPS) is 12.7. The van der Waals surface area contributed by atoms with E-state index in [0.29, 0.717) is 12.1 Å². The second kappa shape index (κ2) is 7.55. The molecule has 1 rings (SSSR count). The smallest absolute Gasteiger partial charge is 0.179 e. The topological polar surface area (TPSA) is 20.3 Å². The number of halogens is 1. The molecule has 1 aromatic rings. The van der Waals surface area contributed by atoms with Gasteiger partial charge >= 0.3 is 0 Å². The van der Waals surface area contributed by atoms with Crippen LogP contribution in [-0.4, -0.2) is 28.8 Å². The van der Waals surface area contributed by atoms with Gasteiger partial charge in [0.05, 0.1) is 6.04 Å². The van der Waals surface area contributed by atoms with E-state index in [1.807, 2.05) is 37.3 Å². The highest BCUT2D eigenvalue weighted by molar-refractivity contribution is 5.99. The zero-order valence-corrected chi connectivity index (χ0v) is 12.7. The molecule has 0 saturated heterocycles. The van der Waals surface area contributed by atoms with Crippen LogP contribution >= 0.6 is 12.4 Å². The molecule has 102 valence electrons. The van der Waals surface area contributed by atoms with Gasteiger partial charge in [-0.1, -0.05) is 30.3 Å². The molecule has 1 unspecified atom stereocenters. The van der Waals surface area contributed by atoms with Gasteiger partial charge in [0.15, 0.2) is 5.78 Å². The van der Waals surface area contributed by atoms with Crippen LogP contribution in [0.4, 0.5) is 0 Å². The standard InChI is InChI=1S/C15H23NO.ClH/c1-11(2)16(12(3)4)13(5)15(17)14-9-7-6-8-10-14;/h6-13H,1-5H3;1H. The zero-order valence-electron chi connectivity index (χ0n) is 11.9. The van der Waals surface area contributed by atoms with Crippen LogP contribution < -0.4 is 0 Å². The lowest BCUT2D eigenvalue weighted by molar-refractivity contribution is 0.0711. The highest BCUT2D eigenvalue weighted by atomic mass is 35.5. The van der Waals surface area contributed by atoms with Gasteiger partial charge in [-0.25, -0.2) is 0 Å². The monoisotopic (exact) mass is 269 g/mol. The van der Waals surface area contributed by atoms with E-state index < -0.39 is 0 Å². The molecule has 0 fully saturated rings. The maximum Gasteiger partial charge on any atom is 0.179 e. The van der Waals surface area contributed by atoms with Crippen molar-refractivity contribution in [2.75, 3.05) is 0 Å². The first kappa shape index (κ1) is 17.1. The number of Topliss-reactive ketones (excluding diaryl/α,β-unsaturated/α-hetero) is 1. The van der Waals surface area contributed by atoms with Crippen molar-refractivity contribution < 1.29 is 4.79 Å². The zero-order chi connectivity index (χ0) is 13.0. The minimum Gasteiger partial charge on any atom is -0.292 e. The summed E-state index contributed by atoms with van der Waals surface area (Å²) in [5.74, 6) is 0.202. The molecule has 0 aliphatic carbocycles. The SMILES string of the molecule is CC(C)N(C(C)C)C(C)C(=O)c1ccccc1.Cl. The van der Waals surface area contributed by atoms with Gasteiger partial charge in [0.25, 0.3) is 0 Å². The molecule has 2 nitrogen and oxygen atoms in total. The average Bonchev–Trinajstić information content (AvgIpc) is 2.28.